The third-order valence-electron chi connectivity index (χ3n) is 2.93. The molecule has 4 nitrogen and oxygen atoms in total. The van der Waals surface area contributed by atoms with Gasteiger partial charge in [0.2, 0.25) is 0 Å². The molecule has 1 heterocycles. The molecule has 1 N–H and O–H groups in total. The van der Waals surface area contributed by atoms with Crippen molar-refractivity contribution in [3.8, 4) is 5.75 Å². The van der Waals surface area contributed by atoms with E-state index in [4.69, 9.17) is 4.74 Å². The van der Waals surface area contributed by atoms with Gasteiger partial charge in [-0.1, -0.05) is 29.8 Å². The molecule has 0 saturated heterocycles. The molecule has 3 rings (SSSR count). The van der Waals surface area contributed by atoms with E-state index in [2.05, 4.69) is 10.2 Å². The van der Waals surface area contributed by atoms with Crippen LogP contribution in [0.4, 0.5) is 0 Å². The standard InChI is InChI=1S/C15H12N2O2/c1-10-5-7-12(8-6-10)19-15(18)13-4-2-3-11-9-16-17-14(11)13/h2-9H,1H3,(H,16,17). The smallest absolute Gasteiger partial charge is 0.345 e. The maximum Gasteiger partial charge on any atom is 0.345 e. The predicted molar refractivity (Wildman–Crippen MR) is 72.2 cm³/mol. The van der Waals surface area contributed by atoms with E-state index in [-0.39, 0.29) is 0 Å². The molecule has 0 aliphatic rings. The number of rotatable bonds is 2. The minimum atomic E-state index is -0.390. The summed E-state index contributed by atoms with van der Waals surface area (Å²) < 4.78 is 5.35. The van der Waals surface area contributed by atoms with E-state index in [0.717, 1.165) is 10.9 Å². The largest absolute Gasteiger partial charge is 0.423 e. The second kappa shape index (κ2) is 4.57. The molecule has 94 valence electrons. The molecule has 0 atom stereocenters. The van der Waals surface area contributed by atoms with Crippen LogP contribution in [-0.2, 0) is 0 Å². The summed E-state index contributed by atoms with van der Waals surface area (Å²) in [5.74, 6) is 0.144. The van der Waals surface area contributed by atoms with Gasteiger partial charge in [-0.15, -0.1) is 0 Å². The summed E-state index contributed by atoms with van der Waals surface area (Å²) >= 11 is 0. The number of nitrogens with zero attached hydrogens (tertiary/aromatic N) is 1. The Balaban J connectivity index is 1.92. The lowest BCUT2D eigenvalue weighted by molar-refractivity contribution is 0.0736. The maximum absolute atomic E-state index is 12.1. The van der Waals surface area contributed by atoms with Crippen LogP contribution in [0.5, 0.6) is 5.75 Å². The van der Waals surface area contributed by atoms with Crippen molar-refractivity contribution in [2.75, 3.05) is 0 Å². The molecule has 0 aliphatic heterocycles. The number of ether oxygens (including phenoxy) is 1. The third-order valence-corrected chi connectivity index (χ3v) is 2.93. The van der Waals surface area contributed by atoms with Crippen LogP contribution >= 0.6 is 0 Å². The van der Waals surface area contributed by atoms with Gasteiger partial charge in [-0.05, 0) is 25.1 Å². The number of aromatic nitrogens is 2. The van der Waals surface area contributed by atoms with Crippen LogP contribution in [0.15, 0.2) is 48.7 Å². The zero-order valence-electron chi connectivity index (χ0n) is 10.4. The number of esters is 1. The number of para-hydroxylation sites is 1. The van der Waals surface area contributed by atoms with Crippen LogP contribution in [0.1, 0.15) is 15.9 Å². The number of benzene rings is 2. The molecule has 0 fully saturated rings. The van der Waals surface area contributed by atoms with Crippen molar-refractivity contribution < 1.29 is 9.53 Å². The summed E-state index contributed by atoms with van der Waals surface area (Å²) in [5, 5.41) is 7.63. The summed E-state index contributed by atoms with van der Waals surface area (Å²) in [6.45, 7) is 1.98. The number of hydrogen-bond donors (Lipinski definition) is 1. The topological polar surface area (TPSA) is 55.0 Å². The van der Waals surface area contributed by atoms with Gasteiger partial charge >= 0.3 is 5.97 Å². The summed E-state index contributed by atoms with van der Waals surface area (Å²) in [6.07, 6.45) is 1.68. The number of hydrogen-bond acceptors (Lipinski definition) is 3. The lowest BCUT2D eigenvalue weighted by Gasteiger charge is -2.05. The van der Waals surface area contributed by atoms with Crippen LogP contribution in [-0.4, -0.2) is 16.2 Å². The van der Waals surface area contributed by atoms with Crippen molar-refractivity contribution >= 4 is 16.9 Å². The molecule has 0 saturated carbocycles. The number of carbonyl (C=O) groups excluding carboxylic acids is 1. The normalized spacial score (nSPS) is 10.6. The lowest BCUT2D eigenvalue weighted by atomic mass is 10.1. The number of H-pyrrole nitrogens is 1. The number of carbonyl (C=O) groups is 1. The highest BCUT2D eigenvalue weighted by Gasteiger charge is 2.13. The molecule has 0 aliphatic carbocycles. The molecule has 0 unspecified atom stereocenters. The van der Waals surface area contributed by atoms with E-state index < -0.39 is 5.97 Å². The zero-order valence-corrected chi connectivity index (χ0v) is 10.4. The van der Waals surface area contributed by atoms with Crippen molar-refractivity contribution in [2.45, 2.75) is 6.92 Å². The highest BCUT2D eigenvalue weighted by Crippen LogP contribution is 2.19. The molecule has 19 heavy (non-hydrogen) atoms. The molecule has 0 bridgehead atoms. The van der Waals surface area contributed by atoms with Gasteiger partial charge in [0.25, 0.3) is 0 Å². The molecular weight excluding hydrogens is 240 g/mol. The van der Waals surface area contributed by atoms with Crippen molar-refractivity contribution in [1.29, 1.82) is 0 Å². The zero-order chi connectivity index (χ0) is 13.2. The lowest BCUT2D eigenvalue weighted by Crippen LogP contribution is -2.09. The first-order chi connectivity index (χ1) is 9.24. The SMILES string of the molecule is Cc1ccc(OC(=O)c2cccc3cn[nH]c23)cc1. The predicted octanol–water partition coefficient (Wildman–Crippen LogP) is 3.09. The van der Waals surface area contributed by atoms with Crippen LogP contribution in [0.25, 0.3) is 10.9 Å². The Bertz CT molecular complexity index is 729. The second-order valence-corrected chi connectivity index (χ2v) is 4.34. The Hall–Kier alpha value is -2.62. The van der Waals surface area contributed by atoms with Gasteiger partial charge in [-0.2, -0.15) is 5.10 Å². The van der Waals surface area contributed by atoms with E-state index in [1.165, 1.54) is 0 Å². The summed E-state index contributed by atoms with van der Waals surface area (Å²) in [7, 11) is 0. The Kier molecular flexibility index (Phi) is 2.76. The third kappa shape index (κ3) is 2.20. The van der Waals surface area contributed by atoms with Crippen LogP contribution in [0, 0.1) is 6.92 Å². The quantitative estimate of drug-likeness (QED) is 0.563. The Morgan fingerprint density at radius 3 is 2.74 bits per heavy atom. The minimum Gasteiger partial charge on any atom is -0.423 e. The molecule has 0 radical (unpaired) electrons. The minimum absolute atomic E-state index is 0.390. The van der Waals surface area contributed by atoms with Gasteiger partial charge in [0.05, 0.1) is 17.3 Å². The van der Waals surface area contributed by atoms with Gasteiger partial charge in [0.15, 0.2) is 0 Å². The molecule has 2 aromatic carbocycles. The number of nitrogens with one attached hydrogen (secondary N) is 1. The average molecular weight is 252 g/mol. The van der Waals surface area contributed by atoms with E-state index in [0.29, 0.717) is 16.8 Å². The van der Waals surface area contributed by atoms with Gasteiger partial charge in [0, 0.05) is 5.39 Å². The molecule has 1 aromatic heterocycles. The Morgan fingerprint density at radius 1 is 1.16 bits per heavy atom. The van der Waals surface area contributed by atoms with E-state index in [9.17, 15) is 4.79 Å². The van der Waals surface area contributed by atoms with Crippen molar-refractivity contribution in [3.63, 3.8) is 0 Å². The first kappa shape index (κ1) is 11.5. The fourth-order valence-electron chi connectivity index (χ4n) is 1.91. The Morgan fingerprint density at radius 2 is 1.95 bits per heavy atom. The Labute approximate surface area is 110 Å². The molecular formula is C15H12N2O2. The fourth-order valence-corrected chi connectivity index (χ4v) is 1.91. The molecule has 0 amide bonds. The second-order valence-electron chi connectivity index (χ2n) is 4.34. The molecule has 4 heteroatoms. The number of fused-ring (bicyclic) bond motifs is 1. The van der Waals surface area contributed by atoms with Crippen LogP contribution < -0.4 is 4.74 Å². The fraction of sp³-hybridized carbons (Fsp3) is 0.0667. The number of aryl methyl sites for hydroxylation is 1. The van der Waals surface area contributed by atoms with E-state index >= 15 is 0 Å². The average Bonchev–Trinajstić information content (AvgIpc) is 2.89. The first-order valence-electron chi connectivity index (χ1n) is 5.95. The molecule has 0 spiro atoms. The van der Waals surface area contributed by atoms with Gasteiger partial charge < -0.3 is 4.74 Å². The monoisotopic (exact) mass is 252 g/mol. The van der Waals surface area contributed by atoms with Gasteiger partial charge in [-0.25, -0.2) is 4.79 Å². The highest BCUT2D eigenvalue weighted by atomic mass is 16.5. The highest BCUT2D eigenvalue weighted by molar-refractivity contribution is 6.03. The first-order valence-corrected chi connectivity index (χ1v) is 5.95. The van der Waals surface area contributed by atoms with Crippen molar-refractivity contribution in [3.05, 3.63) is 59.8 Å². The van der Waals surface area contributed by atoms with Gasteiger partial charge in [-0.3, -0.25) is 5.10 Å². The van der Waals surface area contributed by atoms with E-state index in [1.807, 2.05) is 31.2 Å². The van der Waals surface area contributed by atoms with Crippen molar-refractivity contribution in [2.24, 2.45) is 0 Å². The molecule has 3 aromatic rings. The summed E-state index contributed by atoms with van der Waals surface area (Å²) in [4.78, 5) is 12.1. The van der Waals surface area contributed by atoms with E-state index in [1.54, 1.807) is 24.4 Å². The van der Waals surface area contributed by atoms with Gasteiger partial charge in [0.1, 0.15) is 5.75 Å². The summed E-state index contributed by atoms with van der Waals surface area (Å²) in [5.41, 5.74) is 2.30. The maximum atomic E-state index is 12.1. The number of aromatic amines is 1. The van der Waals surface area contributed by atoms with Crippen LogP contribution in [0.3, 0.4) is 0 Å². The van der Waals surface area contributed by atoms with Crippen LogP contribution in [0.2, 0.25) is 0 Å². The summed E-state index contributed by atoms with van der Waals surface area (Å²) in [6, 6.07) is 12.8. The van der Waals surface area contributed by atoms with Crippen molar-refractivity contribution in [1.82, 2.24) is 10.2 Å².